The van der Waals surface area contributed by atoms with E-state index in [-0.39, 0.29) is 0 Å². The van der Waals surface area contributed by atoms with Gasteiger partial charge in [0.15, 0.2) is 0 Å². The van der Waals surface area contributed by atoms with Crippen LogP contribution in [0.1, 0.15) is 0 Å². The Balaban J connectivity index is 10.0. The zero-order chi connectivity index (χ0) is 11.8. The van der Waals surface area contributed by atoms with Crippen LogP contribution in [0.2, 0.25) is 5.40 Å². The molecule has 0 saturated carbocycles. The molecule has 0 aromatic carbocycles. The Labute approximate surface area is 59.1 Å². The standard InChI is InChI=1S/CH3.10O.2Re/h1H3;;;;;;;;;;;;. The van der Waals surface area contributed by atoms with E-state index in [9.17, 15) is 34.7 Å². The SMILES string of the molecule is [CH3][Re](=[O])(=[O])(=[O])[Re](=[O])(=[O])(=[O])(=[O])(=[O])(=[O])=[O]. The van der Waals surface area contributed by atoms with Crippen molar-refractivity contribution in [2.75, 3.05) is 0 Å². The van der Waals surface area contributed by atoms with E-state index in [4.69, 9.17) is 0 Å². The zero-order valence-electron chi connectivity index (χ0n) is 5.84. The van der Waals surface area contributed by atoms with Gasteiger partial charge in [0, 0.05) is 0 Å². The van der Waals surface area contributed by atoms with Gasteiger partial charge < -0.3 is 0 Å². The van der Waals surface area contributed by atoms with Gasteiger partial charge in [0.05, 0.1) is 0 Å². The summed E-state index contributed by atoms with van der Waals surface area (Å²) in [6, 6.07) is 0. The maximum atomic E-state index is 9.97. The third kappa shape index (κ3) is 1.32. The second kappa shape index (κ2) is 0.867. The fourth-order valence-electron chi connectivity index (χ4n) is 0. The molecule has 0 amide bonds. The van der Waals surface area contributed by atoms with Crippen molar-refractivity contribution in [2.24, 2.45) is 0 Å². The molecule has 0 aliphatic carbocycles. The van der Waals surface area contributed by atoms with Gasteiger partial charge in [0.2, 0.25) is 0 Å². The molecule has 13 heavy (non-hydrogen) atoms. The molecule has 0 rings (SSSR count). The van der Waals surface area contributed by atoms with Crippen LogP contribution >= 0.6 is 0 Å². The molecule has 0 aromatic heterocycles. The third-order valence-corrected chi connectivity index (χ3v) is 60.9. The Morgan fingerprint density at radius 2 is 0.769 bits per heavy atom. The molecule has 0 aromatic rings. The van der Waals surface area contributed by atoms with Crippen molar-refractivity contribution >= 4 is 0 Å². The summed E-state index contributed by atoms with van der Waals surface area (Å²) in [5.41, 5.74) is 0. The molecule has 0 spiro atoms. The zero-order valence-corrected chi connectivity index (χ0v) is 11.3. The second-order valence-electron chi connectivity index (χ2n) is 2.70. The van der Waals surface area contributed by atoms with Crippen molar-refractivity contribution < 1.29 is 53.7 Å². The monoisotopic (exact) mass is 549 g/mol. The maximum absolute atomic E-state index is 14.1. The summed E-state index contributed by atoms with van der Waals surface area (Å²) in [6.45, 7) is 0. The molecule has 0 fully saturated rings. The molecule has 0 radical (unpaired) electrons. The fourth-order valence-corrected chi connectivity index (χ4v) is 0. The molecule has 10 nitrogen and oxygen atoms in total. The molecule has 81 valence electrons. The van der Waals surface area contributed by atoms with E-state index < -0.39 is 24.4 Å². The normalized spacial score (nSPS) is 24.2. The van der Waals surface area contributed by atoms with Gasteiger partial charge in [-0.05, 0) is 0 Å². The average molecular weight is 547 g/mol. The minimum absolute atomic E-state index is 1.25. The predicted molar refractivity (Wildman–Crippen MR) is 12.7 cm³/mol. The van der Waals surface area contributed by atoms with Crippen LogP contribution < -0.4 is 0 Å². The van der Waals surface area contributed by atoms with Crippen molar-refractivity contribution in [3.63, 3.8) is 0 Å². The Bertz CT molecular complexity index is 1200. The Morgan fingerprint density at radius 3 is 0.769 bits per heavy atom. The van der Waals surface area contributed by atoms with Crippen molar-refractivity contribution in [1.29, 1.82) is 0 Å². The Kier molecular flexibility index (Phi) is 0.822. The van der Waals surface area contributed by atoms with E-state index >= 15 is 0 Å². The first-order chi connectivity index (χ1) is 4.42. The van der Waals surface area contributed by atoms with E-state index in [0.29, 0.717) is 0 Å². The van der Waals surface area contributed by atoms with Crippen LogP contribution in [0, 0.1) is 0 Å². The van der Waals surface area contributed by atoms with Crippen LogP contribution in [-0.2, 0) is 53.7 Å². The number of hydrogen-bond acceptors (Lipinski definition) is 10. The van der Waals surface area contributed by atoms with Crippen LogP contribution in [0.5, 0.6) is 0 Å². The van der Waals surface area contributed by atoms with Gasteiger partial charge in [0.1, 0.15) is 0 Å². The molecular formula is CH3O10Re2. The van der Waals surface area contributed by atoms with Gasteiger partial charge in [-0.2, -0.15) is 0 Å². The van der Waals surface area contributed by atoms with E-state index in [2.05, 4.69) is 0 Å². The molecule has 0 aliphatic heterocycles. The molecule has 0 unspecified atom stereocenters. The minimum atomic E-state index is -14.1. The molecule has 0 bridgehead atoms. The van der Waals surface area contributed by atoms with E-state index in [1.54, 1.807) is 0 Å². The summed E-state index contributed by atoms with van der Waals surface area (Å²) in [5, 5.41) is -1.25. The van der Waals surface area contributed by atoms with Crippen molar-refractivity contribution in [1.82, 2.24) is 0 Å². The third-order valence-electron chi connectivity index (χ3n) is 0.908. The molecule has 12 heteroatoms. The molecule has 0 heterocycles. The van der Waals surface area contributed by atoms with Gasteiger partial charge >= 0.3 is 59.1 Å². The first kappa shape index (κ1) is 12.3. The Morgan fingerprint density at radius 1 is 0.692 bits per heavy atom. The summed E-state index contributed by atoms with van der Waals surface area (Å²) in [7, 11) is -14.1. The van der Waals surface area contributed by atoms with Crippen LogP contribution in [0.15, 0.2) is 0 Å². The quantitative estimate of drug-likeness (QED) is 0.413. The molecule has 0 atom stereocenters. The summed E-state index contributed by atoms with van der Waals surface area (Å²) in [6.07, 6.45) is 0. The van der Waals surface area contributed by atoms with E-state index in [1.165, 1.54) is 0 Å². The van der Waals surface area contributed by atoms with E-state index in [0.717, 1.165) is 0 Å². The van der Waals surface area contributed by atoms with Gasteiger partial charge in [-0.3, -0.25) is 0 Å². The molecular weight excluding hydrogens is 544 g/mol. The van der Waals surface area contributed by atoms with Crippen molar-refractivity contribution in [2.45, 2.75) is 5.40 Å². The van der Waals surface area contributed by atoms with Gasteiger partial charge in [-0.1, -0.05) is 0 Å². The molecule has 0 N–H and O–H groups in total. The summed E-state index contributed by atoms with van der Waals surface area (Å²) < 4.78 is 98.1. The van der Waals surface area contributed by atoms with Gasteiger partial charge in [0.25, 0.3) is 0 Å². The van der Waals surface area contributed by atoms with Crippen LogP contribution in [0.4, 0.5) is 0 Å². The van der Waals surface area contributed by atoms with Crippen LogP contribution in [-0.4, -0.2) is 0 Å². The predicted octanol–water partition coefficient (Wildman–Crippen LogP) is -0.609. The van der Waals surface area contributed by atoms with Gasteiger partial charge in [-0.25, -0.2) is 0 Å². The van der Waals surface area contributed by atoms with Crippen molar-refractivity contribution in [3.05, 3.63) is 0 Å². The first-order valence-electron chi connectivity index (χ1n) is 2.06. The molecule has 0 aliphatic rings. The fraction of sp³-hybridized carbons (Fsp3) is 1.00. The van der Waals surface area contributed by atoms with Crippen LogP contribution in [0.25, 0.3) is 0 Å². The topological polar surface area (TPSA) is 171 Å². The van der Waals surface area contributed by atoms with Crippen LogP contribution in [0.3, 0.4) is 0 Å². The van der Waals surface area contributed by atoms with Crippen molar-refractivity contribution in [3.8, 4) is 0 Å². The summed E-state index contributed by atoms with van der Waals surface area (Å²) in [4.78, 5) is 0. The number of hydrogen-bond donors (Lipinski definition) is 0. The first-order valence-corrected chi connectivity index (χ1v) is 25.3. The number of rotatable bonds is 1. The van der Waals surface area contributed by atoms with Gasteiger partial charge in [-0.15, -0.1) is 0 Å². The Hall–Kier alpha value is -0.675. The summed E-state index contributed by atoms with van der Waals surface area (Å²) >= 11 is -10.2. The molecule has 0 saturated heterocycles. The summed E-state index contributed by atoms with van der Waals surface area (Å²) in [5.74, 6) is 0. The average Bonchev–Trinajstić information content (AvgIpc) is 1.03. The second-order valence-corrected chi connectivity index (χ2v) is 64.8. The van der Waals surface area contributed by atoms with E-state index in [1.807, 2.05) is 0 Å².